The quantitative estimate of drug-likeness (QED) is 0.728. The number of rotatable bonds is 2. The summed E-state index contributed by atoms with van der Waals surface area (Å²) in [5.74, 6) is -0.985. The molecule has 2 nitrogen and oxygen atoms in total. The Balaban J connectivity index is 2.14. The molecule has 0 spiro atoms. The summed E-state index contributed by atoms with van der Waals surface area (Å²) in [6, 6.07) is 0. The first-order chi connectivity index (χ1) is 7.12. The second-order valence-corrected chi connectivity index (χ2v) is 6.87. The molecule has 0 bridgehead atoms. The van der Waals surface area contributed by atoms with Crippen molar-refractivity contribution in [1.29, 1.82) is 0 Å². The van der Waals surface area contributed by atoms with E-state index in [2.05, 4.69) is 40.7 Å². The van der Waals surface area contributed by atoms with Crippen LogP contribution in [0.15, 0.2) is 23.8 Å². The van der Waals surface area contributed by atoms with Gasteiger partial charge in [-0.25, -0.2) is 0 Å². The number of hydrogen-bond donors (Lipinski definition) is 1. The average Bonchev–Trinajstić information content (AvgIpc) is 2.70. The van der Waals surface area contributed by atoms with Crippen molar-refractivity contribution in [3.05, 3.63) is 23.8 Å². The highest BCUT2D eigenvalue weighted by atomic mass is 16.7. The summed E-state index contributed by atoms with van der Waals surface area (Å²) in [7, 11) is 0. The van der Waals surface area contributed by atoms with Crippen molar-refractivity contribution in [2.75, 3.05) is 0 Å². The Kier molecular flexibility index (Phi) is 2.38. The van der Waals surface area contributed by atoms with Crippen LogP contribution in [0.4, 0.5) is 0 Å². The largest absolute Gasteiger partial charge is 0.360 e. The lowest BCUT2D eigenvalue weighted by Gasteiger charge is -2.34. The van der Waals surface area contributed by atoms with Gasteiger partial charge in [0.1, 0.15) is 6.10 Å². The molecule has 0 aromatic rings. The Hall–Kier alpha value is -0.600. The molecule has 0 saturated carbocycles. The lowest BCUT2D eigenvalue weighted by molar-refractivity contribution is 0.0824. The molecule has 2 unspecified atom stereocenters. The highest BCUT2D eigenvalue weighted by Gasteiger charge is 2.54. The van der Waals surface area contributed by atoms with Gasteiger partial charge < -0.3 is 9.84 Å². The average molecular weight is 222 g/mol. The Morgan fingerprint density at radius 2 is 1.94 bits per heavy atom. The van der Waals surface area contributed by atoms with Crippen LogP contribution in [0, 0.1) is 10.8 Å². The lowest BCUT2D eigenvalue weighted by Crippen LogP contribution is -2.24. The number of aliphatic hydroxyl groups is 1. The maximum Gasteiger partial charge on any atom is 0.217 e. The minimum Gasteiger partial charge on any atom is -0.360 e. The van der Waals surface area contributed by atoms with Crippen LogP contribution in [0.3, 0.4) is 0 Å². The molecular formula is C14H22O2. The fraction of sp³-hybridized carbons (Fsp3) is 0.714. The fourth-order valence-corrected chi connectivity index (χ4v) is 2.76. The van der Waals surface area contributed by atoms with Crippen molar-refractivity contribution in [2.45, 2.75) is 52.9 Å². The monoisotopic (exact) mass is 222 g/mol. The molecule has 1 N–H and O–H groups in total. The molecule has 1 aliphatic heterocycles. The van der Waals surface area contributed by atoms with Crippen LogP contribution in [0.1, 0.15) is 41.0 Å². The van der Waals surface area contributed by atoms with Gasteiger partial charge in [0.25, 0.3) is 0 Å². The van der Waals surface area contributed by atoms with Gasteiger partial charge in [-0.1, -0.05) is 40.7 Å². The number of ether oxygens (including phenoxy) is 1. The number of hydrogen-bond acceptors (Lipinski definition) is 2. The van der Waals surface area contributed by atoms with Crippen molar-refractivity contribution in [1.82, 2.24) is 0 Å². The van der Waals surface area contributed by atoms with Gasteiger partial charge in [-0.3, -0.25) is 0 Å². The molecule has 16 heavy (non-hydrogen) atoms. The Labute approximate surface area is 98.0 Å². The van der Waals surface area contributed by atoms with E-state index in [9.17, 15) is 5.11 Å². The topological polar surface area (TPSA) is 32.8 Å². The van der Waals surface area contributed by atoms with E-state index in [1.54, 1.807) is 6.08 Å². The summed E-state index contributed by atoms with van der Waals surface area (Å²) in [6.07, 6.45) is 6.84. The number of fused-ring (bicyclic) bond motifs is 1. The zero-order valence-electron chi connectivity index (χ0n) is 10.9. The van der Waals surface area contributed by atoms with E-state index in [1.165, 1.54) is 5.57 Å². The summed E-state index contributed by atoms with van der Waals surface area (Å²) < 4.78 is 5.21. The van der Waals surface area contributed by atoms with Crippen molar-refractivity contribution in [2.24, 2.45) is 10.8 Å². The third-order valence-corrected chi connectivity index (χ3v) is 3.25. The van der Waals surface area contributed by atoms with E-state index >= 15 is 0 Å². The van der Waals surface area contributed by atoms with Gasteiger partial charge in [0, 0.05) is 0 Å². The second kappa shape index (κ2) is 3.21. The van der Waals surface area contributed by atoms with Crippen molar-refractivity contribution < 1.29 is 9.84 Å². The first-order valence-corrected chi connectivity index (χ1v) is 5.94. The molecule has 0 aromatic heterocycles. The van der Waals surface area contributed by atoms with Gasteiger partial charge in [-0.05, 0) is 35.0 Å². The van der Waals surface area contributed by atoms with Crippen LogP contribution in [0.2, 0.25) is 0 Å². The first-order valence-electron chi connectivity index (χ1n) is 5.94. The first kappa shape index (κ1) is 11.9. The summed E-state index contributed by atoms with van der Waals surface area (Å²) in [4.78, 5) is 0. The number of allylic oxidation sites excluding steroid dienone is 2. The third kappa shape index (κ3) is 2.23. The third-order valence-electron chi connectivity index (χ3n) is 3.25. The van der Waals surface area contributed by atoms with E-state index in [-0.39, 0.29) is 11.5 Å². The maximum absolute atomic E-state index is 9.71. The van der Waals surface area contributed by atoms with Gasteiger partial charge in [-0.2, -0.15) is 0 Å². The van der Waals surface area contributed by atoms with E-state index in [4.69, 9.17) is 4.74 Å². The minimum absolute atomic E-state index is 0.119. The fourth-order valence-electron chi connectivity index (χ4n) is 2.76. The summed E-state index contributed by atoms with van der Waals surface area (Å²) >= 11 is 0. The summed E-state index contributed by atoms with van der Waals surface area (Å²) in [6.45, 7) is 11.3. The van der Waals surface area contributed by atoms with Crippen molar-refractivity contribution >= 4 is 0 Å². The predicted molar refractivity (Wildman–Crippen MR) is 64.9 cm³/mol. The zero-order chi connectivity index (χ0) is 12.2. The molecule has 1 saturated heterocycles. The summed E-state index contributed by atoms with van der Waals surface area (Å²) in [5, 5.41) is 9.71. The minimum atomic E-state index is -0.985. The van der Waals surface area contributed by atoms with Crippen molar-refractivity contribution in [3.63, 3.8) is 0 Å². The normalized spacial score (nSPS) is 33.4. The highest BCUT2D eigenvalue weighted by molar-refractivity contribution is 5.38. The molecule has 2 aliphatic rings. The molecule has 90 valence electrons. The van der Waals surface area contributed by atoms with Crippen LogP contribution in [0.5, 0.6) is 0 Å². The number of epoxide rings is 1. The van der Waals surface area contributed by atoms with Gasteiger partial charge in [0.15, 0.2) is 0 Å². The van der Waals surface area contributed by atoms with E-state index in [0.29, 0.717) is 5.41 Å². The van der Waals surface area contributed by atoms with Crippen LogP contribution in [-0.4, -0.2) is 17.0 Å². The molecule has 0 radical (unpaired) electrons. The molecule has 2 heteroatoms. The standard InChI is InChI=1S/C14H22O2/c1-12(2,3)9-13(4,5)10-6-7-14(15)11(8-10)16-14/h6-8,11,15H,9H2,1-5H3. The molecule has 0 amide bonds. The molecule has 1 heterocycles. The van der Waals surface area contributed by atoms with Gasteiger partial charge in [0.2, 0.25) is 5.79 Å². The molecule has 1 aliphatic carbocycles. The van der Waals surface area contributed by atoms with E-state index < -0.39 is 5.79 Å². The SMILES string of the molecule is CC(C)(C)CC(C)(C)C1=CC2OC2(O)C=C1. The lowest BCUT2D eigenvalue weighted by atomic mass is 9.71. The van der Waals surface area contributed by atoms with E-state index in [1.807, 2.05) is 6.08 Å². The van der Waals surface area contributed by atoms with Crippen LogP contribution >= 0.6 is 0 Å². The van der Waals surface area contributed by atoms with Crippen LogP contribution in [0.25, 0.3) is 0 Å². The Morgan fingerprint density at radius 3 is 2.44 bits per heavy atom. The smallest absolute Gasteiger partial charge is 0.217 e. The van der Waals surface area contributed by atoms with Crippen LogP contribution in [-0.2, 0) is 4.74 Å². The molecule has 2 rings (SSSR count). The van der Waals surface area contributed by atoms with Gasteiger partial charge in [0.05, 0.1) is 0 Å². The molecule has 2 atom stereocenters. The zero-order valence-corrected chi connectivity index (χ0v) is 10.9. The second-order valence-electron chi connectivity index (χ2n) is 6.87. The Morgan fingerprint density at radius 1 is 1.31 bits per heavy atom. The predicted octanol–water partition coefficient (Wildman–Crippen LogP) is 3.03. The maximum atomic E-state index is 9.71. The van der Waals surface area contributed by atoms with Crippen LogP contribution < -0.4 is 0 Å². The highest BCUT2D eigenvalue weighted by Crippen LogP contribution is 2.46. The Bertz CT molecular complexity index is 357. The van der Waals surface area contributed by atoms with Crippen molar-refractivity contribution in [3.8, 4) is 0 Å². The van der Waals surface area contributed by atoms with E-state index in [0.717, 1.165) is 6.42 Å². The molecule has 0 aromatic carbocycles. The molecule has 1 fully saturated rings. The van der Waals surface area contributed by atoms with Gasteiger partial charge >= 0.3 is 0 Å². The van der Waals surface area contributed by atoms with Gasteiger partial charge in [-0.15, -0.1) is 0 Å². The molecular weight excluding hydrogens is 200 g/mol. The summed E-state index contributed by atoms with van der Waals surface area (Å²) in [5.41, 5.74) is 1.70.